The van der Waals surface area contributed by atoms with Gasteiger partial charge in [-0.1, -0.05) is 29.8 Å². The molecule has 0 bridgehead atoms. The number of amides is 2. The number of hydrogen-bond acceptors (Lipinski definition) is 5. The number of benzene rings is 2. The fourth-order valence-electron chi connectivity index (χ4n) is 2.38. The van der Waals surface area contributed by atoms with E-state index in [0.717, 1.165) is 16.1 Å². The van der Waals surface area contributed by atoms with Crippen LogP contribution in [0.25, 0.3) is 0 Å². The first-order valence-corrected chi connectivity index (χ1v) is 9.40. The van der Waals surface area contributed by atoms with Crippen molar-refractivity contribution < 1.29 is 9.59 Å². The molecule has 27 heavy (non-hydrogen) atoms. The second-order valence-corrected chi connectivity index (χ2v) is 7.09. The molecule has 0 aliphatic heterocycles. The van der Waals surface area contributed by atoms with Crippen molar-refractivity contribution in [2.75, 3.05) is 36.5 Å². The highest BCUT2D eigenvalue weighted by molar-refractivity contribution is 7.99. The van der Waals surface area contributed by atoms with E-state index in [-0.39, 0.29) is 24.9 Å². The number of thioether (sulfide) groups is 1. The van der Waals surface area contributed by atoms with Crippen molar-refractivity contribution in [3.05, 3.63) is 54.1 Å². The number of aryl methyl sites for hydroxylation is 1. The highest BCUT2D eigenvalue weighted by atomic mass is 32.2. The SMILES string of the molecule is Cc1ccc(NC(=O)CN(C)CC(=O)Nc2ccccc2SCC#N)cc1. The Labute approximate surface area is 163 Å². The van der Waals surface area contributed by atoms with Gasteiger partial charge in [0.1, 0.15) is 0 Å². The van der Waals surface area contributed by atoms with Crippen LogP contribution in [0.3, 0.4) is 0 Å². The molecule has 2 rings (SSSR count). The van der Waals surface area contributed by atoms with Crippen molar-refractivity contribution in [1.82, 2.24) is 4.90 Å². The van der Waals surface area contributed by atoms with E-state index in [2.05, 4.69) is 16.7 Å². The van der Waals surface area contributed by atoms with Crippen LogP contribution in [0.1, 0.15) is 5.56 Å². The first-order chi connectivity index (χ1) is 13.0. The van der Waals surface area contributed by atoms with Crippen LogP contribution in [0, 0.1) is 18.3 Å². The van der Waals surface area contributed by atoms with Gasteiger partial charge in [-0.2, -0.15) is 5.26 Å². The number of nitrogens with zero attached hydrogens (tertiary/aromatic N) is 2. The molecule has 0 fully saturated rings. The molecular weight excluding hydrogens is 360 g/mol. The first kappa shape index (κ1) is 20.5. The molecule has 0 saturated heterocycles. The Kier molecular flexibility index (Phi) is 7.86. The summed E-state index contributed by atoms with van der Waals surface area (Å²) in [6.07, 6.45) is 0. The highest BCUT2D eigenvalue weighted by Gasteiger charge is 2.12. The Morgan fingerprint density at radius 2 is 1.67 bits per heavy atom. The summed E-state index contributed by atoms with van der Waals surface area (Å²) in [7, 11) is 1.71. The fraction of sp³-hybridized carbons (Fsp3) is 0.250. The van der Waals surface area contributed by atoms with Gasteiger partial charge in [-0.05, 0) is 38.2 Å². The normalized spacial score (nSPS) is 10.3. The van der Waals surface area contributed by atoms with Gasteiger partial charge in [-0.15, -0.1) is 11.8 Å². The summed E-state index contributed by atoms with van der Waals surface area (Å²) < 4.78 is 0. The third-order valence-corrected chi connectivity index (χ3v) is 4.56. The highest BCUT2D eigenvalue weighted by Crippen LogP contribution is 2.26. The molecule has 0 aliphatic rings. The lowest BCUT2D eigenvalue weighted by molar-refractivity contribution is -0.119. The van der Waals surface area contributed by atoms with Crippen molar-refractivity contribution in [1.29, 1.82) is 5.26 Å². The van der Waals surface area contributed by atoms with Gasteiger partial charge in [0.25, 0.3) is 0 Å². The third kappa shape index (κ3) is 7.13. The number of carbonyl (C=O) groups is 2. The van der Waals surface area contributed by atoms with Crippen LogP contribution in [0.4, 0.5) is 11.4 Å². The quantitative estimate of drug-likeness (QED) is 0.685. The lowest BCUT2D eigenvalue weighted by atomic mass is 10.2. The molecule has 140 valence electrons. The van der Waals surface area contributed by atoms with Crippen molar-refractivity contribution in [3.8, 4) is 6.07 Å². The topological polar surface area (TPSA) is 85.2 Å². The van der Waals surface area contributed by atoms with E-state index >= 15 is 0 Å². The molecule has 2 N–H and O–H groups in total. The van der Waals surface area contributed by atoms with Gasteiger partial charge in [0.15, 0.2) is 0 Å². The van der Waals surface area contributed by atoms with Crippen LogP contribution in [0.15, 0.2) is 53.4 Å². The van der Waals surface area contributed by atoms with Gasteiger partial charge in [0, 0.05) is 10.6 Å². The molecule has 2 amide bonds. The van der Waals surface area contributed by atoms with E-state index in [4.69, 9.17) is 5.26 Å². The predicted octanol–water partition coefficient (Wildman–Crippen LogP) is 3.12. The monoisotopic (exact) mass is 382 g/mol. The Hall–Kier alpha value is -2.82. The number of para-hydroxylation sites is 1. The largest absolute Gasteiger partial charge is 0.325 e. The Morgan fingerprint density at radius 1 is 1.04 bits per heavy atom. The van der Waals surface area contributed by atoms with Crippen molar-refractivity contribution in [3.63, 3.8) is 0 Å². The van der Waals surface area contributed by atoms with Crippen LogP contribution < -0.4 is 10.6 Å². The second kappa shape index (κ2) is 10.4. The fourth-order valence-corrected chi connectivity index (χ4v) is 3.05. The summed E-state index contributed by atoms with van der Waals surface area (Å²) in [6.45, 7) is 2.17. The summed E-state index contributed by atoms with van der Waals surface area (Å²) >= 11 is 1.37. The maximum absolute atomic E-state index is 12.3. The van der Waals surface area contributed by atoms with Crippen LogP contribution in [0.2, 0.25) is 0 Å². The van der Waals surface area contributed by atoms with E-state index in [0.29, 0.717) is 11.4 Å². The van der Waals surface area contributed by atoms with Gasteiger partial charge in [-0.25, -0.2) is 0 Å². The molecule has 0 aromatic heterocycles. The van der Waals surface area contributed by atoms with Crippen LogP contribution in [-0.4, -0.2) is 42.6 Å². The molecule has 6 nitrogen and oxygen atoms in total. The number of carbonyl (C=O) groups excluding carboxylic acids is 2. The Morgan fingerprint density at radius 3 is 2.33 bits per heavy atom. The van der Waals surface area contributed by atoms with Gasteiger partial charge in [0.05, 0.1) is 30.6 Å². The molecule has 0 aliphatic carbocycles. The van der Waals surface area contributed by atoms with Gasteiger partial charge >= 0.3 is 0 Å². The van der Waals surface area contributed by atoms with Crippen LogP contribution >= 0.6 is 11.8 Å². The molecule has 0 radical (unpaired) electrons. The van der Waals surface area contributed by atoms with E-state index < -0.39 is 0 Å². The summed E-state index contributed by atoms with van der Waals surface area (Å²) in [4.78, 5) is 26.9. The van der Waals surface area contributed by atoms with Gasteiger partial charge < -0.3 is 10.6 Å². The average Bonchev–Trinajstić information content (AvgIpc) is 2.62. The maximum atomic E-state index is 12.3. The molecule has 0 saturated carbocycles. The standard InChI is InChI=1S/C20H22N4O2S/c1-15-7-9-16(10-8-15)22-19(25)13-24(2)14-20(26)23-17-5-3-4-6-18(17)27-12-11-21/h3-10H,12-14H2,1-2H3,(H,22,25)(H,23,26). The van der Waals surface area contributed by atoms with Crippen molar-refractivity contribution in [2.45, 2.75) is 11.8 Å². The molecule has 7 heteroatoms. The Balaban J connectivity index is 1.84. The van der Waals surface area contributed by atoms with E-state index in [1.807, 2.05) is 49.4 Å². The van der Waals surface area contributed by atoms with Crippen LogP contribution in [-0.2, 0) is 9.59 Å². The summed E-state index contributed by atoms with van der Waals surface area (Å²) in [6, 6.07) is 16.9. The number of rotatable bonds is 8. The van der Waals surface area contributed by atoms with Crippen molar-refractivity contribution in [2.24, 2.45) is 0 Å². The van der Waals surface area contributed by atoms with E-state index in [1.165, 1.54) is 11.8 Å². The summed E-state index contributed by atoms with van der Waals surface area (Å²) in [5.41, 5.74) is 2.52. The third-order valence-electron chi connectivity index (χ3n) is 3.62. The smallest absolute Gasteiger partial charge is 0.238 e. The molecule has 0 unspecified atom stereocenters. The lowest BCUT2D eigenvalue weighted by Crippen LogP contribution is -2.36. The molecular formula is C20H22N4O2S. The van der Waals surface area contributed by atoms with Crippen molar-refractivity contribution >= 4 is 35.0 Å². The molecule has 2 aromatic carbocycles. The molecule has 0 spiro atoms. The number of anilines is 2. The lowest BCUT2D eigenvalue weighted by Gasteiger charge is -2.17. The Bertz CT molecular complexity index is 831. The zero-order valence-electron chi connectivity index (χ0n) is 15.4. The number of hydrogen-bond donors (Lipinski definition) is 2. The van der Waals surface area contributed by atoms with E-state index in [1.54, 1.807) is 18.0 Å². The number of nitrogens with one attached hydrogen (secondary N) is 2. The average molecular weight is 382 g/mol. The minimum atomic E-state index is -0.217. The zero-order chi connectivity index (χ0) is 19.6. The summed E-state index contributed by atoms with van der Waals surface area (Å²) in [5.74, 6) is -0.0869. The van der Waals surface area contributed by atoms with Gasteiger partial charge in [0.2, 0.25) is 11.8 Å². The molecule has 0 heterocycles. The second-order valence-electron chi connectivity index (χ2n) is 6.08. The predicted molar refractivity (Wildman–Crippen MR) is 109 cm³/mol. The molecule has 0 atom stereocenters. The number of likely N-dealkylation sites (N-methyl/N-ethyl adjacent to an activating group) is 1. The minimum absolute atomic E-state index is 0.0819. The zero-order valence-corrected chi connectivity index (χ0v) is 16.2. The maximum Gasteiger partial charge on any atom is 0.238 e. The van der Waals surface area contributed by atoms with Crippen LogP contribution in [0.5, 0.6) is 0 Å². The first-order valence-electron chi connectivity index (χ1n) is 8.41. The van der Waals surface area contributed by atoms with E-state index in [9.17, 15) is 9.59 Å². The molecule has 2 aromatic rings. The summed E-state index contributed by atoms with van der Waals surface area (Å²) in [5, 5.41) is 14.4. The number of nitriles is 1. The minimum Gasteiger partial charge on any atom is -0.325 e. The van der Waals surface area contributed by atoms with Gasteiger partial charge in [-0.3, -0.25) is 14.5 Å².